The van der Waals surface area contributed by atoms with E-state index in [1.807, 2.05) is 0 Å². The topological polar surface area (TPSA) is 374 Å². The van der Waals surface area contributed by atoms with Crippen molar-refractivity contribution in [1.29, 1.82) is 0 Å². The summed E-state index contributed by atoms with van der Waals surface area (Å²) < 4.78 is 65.2. The first kappa shape index (κ1) is 92.2. The average Bonchev–Trinajstić information content (AvgIpc) is 0.763. The summed E-state index contributed by atoms with van der Waals surface area (Å²) in [5, 5.41) is 110. The zero-order valence-electron chi connectivity index (χ0n) is 61.9. The fourth-order valence-corrected chi connectivity index (χ4v) is 14.4. The van der Waals surface area contributed by atoms with Gasteiger partial charge in [-0.15, -0.1) is 0 Å². The number of aliphatic hydroxyl groups is 10. The maximum Gasteiger partial charge on any atom is 0.472 e. The van der Waals surface area contributed by atoms with E-state index in [9.17, 15) is 74.9 Å². The van der Waals surface area contributed by atoms with E-state index in [-0.39, 0.29) is 19.3 Å². The second-order valence-corrected chi connectivity index (χ2v) is 30.5. The van der Waals surface area contributed by atoms with Crippen LogP contribution in [0, 0.1) is 5.92 Å². The minimum absolute atomic E-state index is 0.0328. The number of phosphoric acid groups is 1. The number of rotatable bonds is 62. The molecule has 3 aliphatic rings. The van der Waals surface area contributed by atoms with Gasteiger partial charge in [-0.3, -0.25) is 23.4 Å². The van der Waals surface area contributed by atoms with E-state index in [2.05, 4.69) is 27.7 Å². The third-order valence-electron chi connectivity index (χ3n) is 20.0. The average molecular weight is 1460 g/mol. The normalized spacial score (nSPS) is 27.6. The lowest BCUT2D eigenvalue weighted by Crippen LogP contribution is -2.69. The number of unbranched alkanes of at least 4 members (excludes halogenated alkanes) is 37. The standard InChI is InChI=1S/C75H141O24P/c1-5-8-11-14-17-19-21-23-24-25-26-27-29-31-32-38-43-48-59(77)91-52-56(94-61(79)50-45-40-35-34-37-42-47-55(4)46-41-36-16-13-10-7-3)53-93-100(89,90)99-73-71(97-74-69(87)64(82)62(80)57(51-76)95-74)67(85)66(84)68(86)72(73)98-75-70(88)65(83)63(81)58(96-75)54-92-60(78)49-44-39-33-30-28-22-20-18-15-12-9-6-2/h55-58,62-76,80-88H,5-54H2,1-4H3,(H,89,90). The molecule has 100 heavy (non-hydrogen) atoms. The number of phosphoric ester groups is 1. The molecular weight excluding hydrogens is 1320 g/mol. The molecule has 0 aromatic heterocycles. The highest BCUT2D eigenvalue weighted by Crippen LogP contribution is 2.49. The maximum absolute atomic E-state index is 14.4. The molecule has 25 heteroatoms. The highest BCUT2D eigenvalue weighted by atomic mass is 31.2. The highest BCUT2D eigenvalue weighted by Gasteiger charge is 2.58. The second-order valence-electron chi connectivity index (χ2n) is 29.1. The Morgan fingerprint density at radius 3 is 1.08 bits per heavy atom. The summed E-state index contributed by atoms with van der Waals surface area (Å²) in [6, 6.07) is 0. The van der Waals surface area contributed by atoms with Crippen molar-refractivity contribution in [2.75, 3.05) is 26.4 Å². The molecule has 0 aromatic rings. The number of esters is 3. The summed E-state index contributed by atoms with van der Waals surface area (Å²) in [5.74, 6) is -1.29. The van der Waals surface area contributed by atoms with Crippen LogP contribution in [-0.4, -0.2) is 204 Å². The molecule has 0 bridgehead atoms. The Balaban J connectivity index is 1.72. The summed E-state index contributed by atoms with van der Waals surface area (Å²) >= 11 is 0. The van der Waals surface area contributed by atoms with Crippen molar-refractivity contribution >= 4 is 25.7 Å². The Kier molecular flexibility index (Phi) is 51.9. The Morgan fingerprint density at radius 2 is 0.700 bits per heavy atom. The van der Waals surface area contributed by atoms with E-state index in [4.69, 9.17) is 42.2 Å². The van der Waals surface area contributed by atoms with E-state index in [0.717, 1.165) is 89.9 Å². The number of carbonyl (C=O) groups is 3. The van der Waals surface area contributed by atoms with Crippen LogP contribution in [0.4, 0.5) is 0 Å². The monoisotopic (exact) mass is 1460 g/mol. The van der Waals surface area contributed by atoms with Gasteiger partial charge in [0.15, 0.2) is 18.7 Å². The smallest absolute Gasteiger partial charge is 0.463 e. The summed E-state index contributed by atoms with van der Waals surface area (Å²) in [4.78, 5) is 51.1. The van der Waals surface area contributed by atoms with Crippen LogP contribution in [0.2, 0.25) is 0 Å². The van der Waals surface area contributed by atoms with Crippen molar-refractivity contribution < 1.29 is 117 Å². The van der Waals surface area contributed by atoms with Crippen LogP contribution in [0.3, 0.4) is 0 Å². The Bertz CT molecular complexity index is 2080. The van der Waals surface area contributed by atoms with E-state index in [1.165, 1.54) is 167 Å². The third-order valence-corrected chi connectivity index (χ3v) is 21.0. The van der Waals surface area contributed by atoms with Crippen LogP contribution in [-0.2, 0) is 61.2 Å². The van der Waals surface area contributed by atoms with Crippen molar-refractivity contribution in [2.24, 2.45) is 5.92 Å². The molecule has 2 saturated heterocycles. The minimum atomic E-state index is -5.70. The van der Waals surface area contributed by atoms with Crippen LogP contribution >= 0.6 is 7.82 Å². The Labute approximate surface area is 600 Å². The lowest BCUT2D eigenvalue weighted by Gasteiger charge is -2.49. The fourth-order valence-electron chi connectivity index (χ4n) is 13.5. The zero-order chi connectivity index (χ0) is 73.3. The number of ether oxygens (including phenoxy) is 7. The predicted octanol–water partition coefficient (Wildman–Crippen LogP) is 11.6. The lowest BCUT2D eigenvalue weighted by atomic mass is 9.84. The molecule has 0 spiro atoms. The van der Waals surface area contributed by atoms with Crippen molar-refractivity contribution in [3.8, 4) is 0 Å². The molecule has 590 valence electrons. The van der Waals surface area contributed by atoms with E-state index in [1.54, 1.807) is 0 Å². The summed E-state index contributed by atoms with van der Waals surface area (Å²) in [7, 11) is -5.70. The number of hydrogen-bond acceptors (Lipinski definition) is 23. The van der Waals surface area contributed by atoms with Gasteiger partial charge in [0.1, 0.15) is 98.7 Å². The number of aliphatic hydroxyl groups excluding tert-OH is 10. The largest absolute Gasteiger partial charge is 0.472 e. The molecule has 1 aliphatic carbocycles. The molecule has 2 aliphatic heterocycles. The molecule has 0 radical (unpaired) electrons. The van der Waals surface area contributed by atoms with Crippen molar-refractivity contribution in [1.82, 2.24) is 0 Å². The second kappa shape index (κ2) is 56.3. The van der Waals surface area contributed by atoms with Gasteiger partial charge < -0.3 is 89.1 Å². The first-order valence-corrected chi connectivity index (χ1v) is 41.2. The van der Waals surface area contributed by atoms with Crippen LogP contribution < -0.4 is 0 Å². The summed E-state index contributed by atoms with van der Waals surface area (Å²) in [6.45, 7) is 5.80. The quantitative estimate of drug-likeness (QED) is 0.0117. The van der Waals surface area contributed by atoms with Crippen LogP contribution in [0.1, 0.15) is 323 Å². The molecule has 2 heterocycles. The molecule has 11 N–H and O–H groups in total. The zero-order valence-corrected chi connectivity index (χ0v) is 62.8. The first-order valence-electron chi connectivity index (χ1n) is 39.7. The molecule has 3 rings (SSSR count). The summed E-state index contributed by atoms with van der Waals surface area (Å²) in [6.07, 6.45) is 13.0. The first-order chi connectivity index (χ1) is 48.2. The lowest BCUT2D eigenvalue weighted by molar-refractivity contribution is -0.360. The number of carbonyl (C=O) groups excluding carboxylic acids is 3. The Morgan fingerprint density at radius 1 is 0.380 bits per heavy atom. The summed E-state index contributed by atoms with van der Waals surface area (Å²) in [5.41, 5.74) is 0. The predicted molar refractivity (Wildman–Crippen MR) is 379 cm³/mol. The minimum Gasteiger partial charge on any atom is -0.463 e. The molecule has 0 aromatic carbocycles. The number of hydrogen-bond donors (Lipinski definition) is 11. The van der Waals surface area contributed by atoms with Gasteiger partial charge in [-0.2, -0.15) is 0 Å². The van der Waals surface area contributed by atoms with Gasteiger partial charge >= 0.3 is 25.7 Å². The fraction of sp³-hybridized carbons (Fsp3) is 0.960. The van der Waals surface area contributed by atoms with Gasteiger partial charge in [0.2, 0.25) is 0 Å². The van der Waals surface area contributed by atoms with Gasteiger partial charge in [-0.05, 0) is 25.2 Å². The molecule has 0 amide bonds. The van der Waals surface area contributed by atoms with Crippen molar-refractivity contribution in [3.05, 3.63) is 0 Å². The van der Waals surface area contributed by atoms with Crippen LogP contribution in [0.25, 0.3) is 0 Å². The van der Waals surface area contributed by atoms with Gasteiger partial charge in [-0.25, -0.2) is 4.57 Å². The van der Waals surface area contributed by atoms with Crippen molar-refractivity contribution in [2.45, 2.75) is 427 Å². The van der Waals surface area contributed by atoms with Gasteiger partial charge in [0, 0.05) is 19.3 Å². The Hall–Kier alpha value is -2.04. The van der Waals surface area contributed by atoms with E-state index in [0.29, 0.717) is 25.2 Å². The van der Waals surface area contributed by atoms with Gasteiger partial charge in [0.05, 0.1) is 13.2 Å². The van der Waals surface area contributed by atoms with Gasteiger partial charge in [0.25, 0.3) is 0 Å². The van der Waals surface area contributed by atoms with Crippen LogP contribution in [0.15, 0.2) is 0 Å². The molecule has 3 fully saturated rings. The molecule has 19 atom stereocenters. The molecule has 1 saturated carbocycles. The molecule has 24 nitrogen and oxygen atoms in total. The van der Waals surface area contributed by atoms with Crippen LogP contribution in [0.5, 0.6) is 0 Å². The van der Waals surface area contributed by atoms with E-state index >= 15 is 0 Å². The molecule has 19 unspecified atom stereocenters. The van der Waals surface area contributed by atoms with Gasteiger partial charge in [-0.1, -0.05) is 285 Å². The van der Waals surface area contributed by atoms with Crippen molar-refractivity contribution in [3.63, 3.8) is 0 Å². The third kappa shape index (κ3) is 39.0. The molecular formula is C75H141O24P. The maximum atomic E-state index is 14.4. The highest BCUT2D eigenvalue weighted by molar-refractivity contribution is 7.47. The SMILES string of the molecule is CCCCCCCCCCCCCCCCCCCC(=O)OCC(COP(=O)(O)OC1C(OC2OC(CO)C(O)C(O)C2O)C(O)C(O)C(O)C1OC1OC(COC(=O)CCCCCCCCCCCCCC)C(O)C(O)C1O)OC(=O)CCCCCCCCC(C)CCCCCCCC. The van der Waals surface area contributed by atoms with E-state index < -0.39 is 156 Å².